The van der Waals surface area contributed by atoms with Gasteiger partial charge in [0.15, 0.2) is 0 Å². The van der Waals surface area contributed by atoms with E-state index in [-0.39, 0.29) is 62.5 Å². The molecule has 294 valence electrons. The lowest BCUT2D eigenvalue weighted by Crippen LogP contribution is -2.57. The first-order chi connectivity index (χ1) is 25.0. The van der Waals surface area contributed by atoms with Gasteiger partial charge in [-0.15, -0.1) is 23.7 Å². The molecule has 15 heteroatoms. The third-order valence-corrected chi connectivity index (χ3v) is 10.4. The van der Waals surface area contributed by atoms with E-state index in [4.69, 9.17) is 11.5 Å². The number of nitrogens with two attached hydrogens (primary N) is 2. The van der Waals surface area contributed by atoms with Crippen LogP contribution in [0.5, 0.6) is 0 Å². The van der Waals surface area contributed by atoms with Crippen LogP contribution in [0.25, 0.3) is 10.4 Å². The highest BCUT2D eigenvalue weighted by Gasteiger charge is 2.44. The van der Waals surface area contributed by atoms with Crippen LogP contribution in [0.4, 0.5) is 5.69 Å². The van der Waals surface area contributed by atoms with Crippen molar-refractivity contribution in [3.63, 3.8) is 0 Å². The summed E-state index contributed by atoms with van der Waals surface area (Å²) in [6, 6.07) is 12.3. The lowest BCUT2D eigenvalue weighted by Gasteiger charge is -2.35. The van der Waals surface area contributed by atoms with E-state index in [0.717, 1.165) is 27.3 Å². The second-order valence-electron chi connectivity index (χ2n) is 14.9. The molecule has 1 aliphatic heterocycles. The number of hydrogen-bond donors (Lipinski definition) is 6. The van der Waals surface area contributed by atoms with Gasteiger partial charge in [-0.3, -0.25) is 24.0 Å². The number of hydrogen-bond acceptors (Lipinski definition) is 9. The number of aryl methyl sites for hydroxylation is 2. The second-order valence-corrected chi connectivity index (χ2v) is 15.7. The predicted octanol–water partition coefficient (Wildman–Crippen LogP) is 4.15. The lowest BCUT2D eigenvalue weighted by atomic mass is 9.85. The highest BCUT2D eigenvalue weighted by Crippen LogP contribution is 2.30. The molecule has 1 aromatic heterocycles. The maximum atomic E-state index is 14.0. The number of nitrogens with zero attached hydrogens (tertiary/aromatic N) is 2. The molecule has 0 bridgehead atoms. The Morgan fingerprint density at radius 1 is 1.04 bits per heavy atom. The summed E-state index contributed by atoms with van der Waals surface area (Å²) in [7, 11) is 0. The van der Waals surface area contributed by atoms with Crippen molar-refractivity contribution in [2.45, 2.75) is 110 Å². The van der Waals surface area contributed by atoms with E-state index in [1.807, 2.05) is 82.6 Å². The number of unbranched alkanes of at least 4 members (excludes halogenated alkanes) is 1. The number of carbonyl (C=O) groups is 5. The van der Waals surface area contributed by atoms with Crippen molar-refractivity contribution in [3.8, 4) is 10.4 Å². The molecule has 0 saturated carbocycles. The number of aliphatic hydroxyl groups is 1. The minimum atomic E-state index is -0.912. The molecule has 0 radical (unpaired) electrons. The smallest absolute Gasteiger partial charge is 0.246 e. The summed E-state index contributed by atoms with van der Waals surface area (Å²) in [6.07, 6.45) is 1.51. The van der Waals surface area contributed by atoms with Crippen LogP contribution >= 0.6 is 23.7 Å². The van der Waals surface area contributed by atoms with Gasteiger partial charge in [0.2, 0.25) is 29.5 Å². The fourth-order valence-electron chi connectivity index (χ4n) is 6.33. The van der Waals surface area contributed by atoms with Gasteiger partial charge in [-0.05, 0) is 73.8 Å². The second kappa shape index (κ2) is 19.8. The highest BCUT2D eigenvalue weighted by molar-refractivity contribution is 7.13. The summed E-state index contributed by atoms with van der Waals surface area (Å²) in [5, 5.41) is 19.3. The molecular weight excluding hydrogens is 730 g/mol. The van der Waals surface area contributed by atoms with E-state index in [0.29, 0.717) is 24.9 Å². The number of nitrogens with one attached hydrogen (secondary N) is 3. The van der Waals surface area contributed by atoms with E-state index in [1.54, 1.807) is 17.4 Å². The summed E-state index contributed by atoms with van der Waals surface area (Å²) in [5.41, 5.74) is 16.6. The molecule has 1 aliphatic rings. The van der Waals surface area contributed by atoms with Gasteiger partial charge in [0.05, 0.1) is 34.3 Å². The Balaban J connectivity index is 0.00000784. The highest BCUT2D eigenvalue weighted by atomic mass is 35.5. The van der Waals surface area contributed by atoms with Gasteiger partial charge in [-0.1, -0.05) is 57.2 Å². The van der Waals surface area contributed by atoms with Crippen LogP contribution in [0.2, 0.25) is 0 Å². The number of anilines is 1. The SMILES string of the molecule is Cc1ncsc1-c1ccc([C@H](C)NC(=O)[C@@H]2C[C@@H](O)CN2C(=O)[C@@H](NC(=O)CCCCc2cccc(NC(=O)[C@@H](N)CCC(N)=O)c2)C(C)(C)C)cc1.Cl. The molecule has 2 aromatic carbocycles. The Morgan fingerprint density at radius 2 is 1.74 bits per heavy atom. The van der Waals surface area contributed by atoms with Gasteiger partial charge < -0.3 is 37.4 Å². The first-order valence-corrected chi connectivity index (χ1v) is 18.9. The maximum absolute atomic E-state index is 14.0. The van der Waals surface area contributed by atoms with Gasteiger partial charge >= 0.3 is 0 Å². The number of aliphatic hydroxyl groups excluding tert-OH is 1. The van der Waals surface area contributed by atoms with E-state index in [2.05, 4.69) is 20.9 Å². The number of halogens is 1. The first-order valence-electron chi connectivity index (χ1n) is 18.1. The maximum Gasteiger partial charge on any atom is 0.246 e. The first kappa shape index (κ1) is 44.0. The average molecular weight is 784 g/mol. The molecule has 4 rings (SSSR count). The Labute approximate surface area is 327 Å². The summed E-state index contributed by atoms with van der Waals surface area (Å²) in [5.74, 6) is -1.98. The quantitative estimate of drug-likeness (QED) is 0.116. The van der Waals surface area contributed by atoms with Crippen molar-refractivity contribution in [3.05, 3.63) is 70.9 Å². The van der Waals surface area contributed by atoms with Gasteiger partial charge in [0, 0.05) is 31.5 Å². The van der Waals surface area contributed by atoms with Crippen molar-refractivity contribution < 1.29 is 29.1 Å². The molecule has 1 fully saturated rings. The van der Waals surface area contributed by atoms with E-state index < -0.39 is 47.4 Å². The zero-order valence-electron chi connectivity index (χ0n) is 31.6. The van der Waals surface area contributed by atoms with Crippen molar-refractivity contribution in [1.29, 1.82) is 0 Å². The number of primary amides is 1. The van der Waals surface area contributed by atoms with Gasteiger partial charge in [-0.2, -0.15) is 0 Å². The van der Waals surface area contributed by atoms with Crippen LogP contribution in [0.1, 0.15) is 89.1 Å². The number of likely N-dealkylation sites (tertiary alicyclic amines) is 1. The van der Waals surface area contributed by atoms with Crippen molar-refractivity contribution in [1.82, 2.24) is 20.5 Å². The van der Waals surface area contributed by atoms with E-state index in [1.165, 1.54) is 4.90 Å². The van der Waals surface area contributed by atoms with E-state index >= 15 is 0 Å². The molecule has 3 aromatic rings. The molecule has 13 nitrogen and oxygen atoms in total. The summed E-state index contributed by atoms with van der Waals surface area (Å²) in [4.78, 5) is 70.9. The molecule has 2 heterocycles. The Kier molecular flexibility index (Phi) is 16.2. The van der Waals surface area contributed by atoms with Crippen LogP contribution in [0.15, 0.2) is 54.0 Å². The largest absolute Gasteiger partial charge is 0.391 e. The minimum absolute atomic E-state index is 0. The standard InChI is InChI=1S/C39H53N7O6S.ClH/c1-23(26-13-15-27(16-14-26)34-24(2)42-22-53-34)43-37(51)31-20-29(47)21-46(31)38(52)35(39(3,4)5)45-33(49)12-7-6-9-25-10-8-11-28(19-25)44-36(50)30(40)17-18-32(41)48;/h8,10-11,13-16,19,22-23,29-31,35,47H,6-7,9,12,17-18,20-21,40H2,1-5H3,(H2,41,48)(H,43,51)(H,44,50)(H,45,49);1H/t23-,29+,30-,31-,35+;/m0./s1. The Morgan fingerprint density at radius 3 is 2.37 bits per heavy atom. The molecule has 54 heavy (non-hydrogen) atoms. The van der Waals surface area contributed by atoms with Crippen LogP contribution in [0, 0.1) is 12.3 Å². The van der Waals surface area contributed by atoms with Gasteiger partial charge in [0.25, 0.3) is 0 Å². The average Bonchev–Trinajstić information content (AvgIpc) is 3.72. The Hall–Kier alpha value is -4.37. The number of rotatable bonds is 16. The fraction of sp³-hybridized carbons (Fsp3) is 0.487. The number of aromatic nitrogens is 1. The molecule has 0 spiro atoms. The minimum Gasteiger partial charge on any atom is -0.391 e. The third-order valence-electron chi connectivity index (χ3n) is 9.41. The summed E-state index contributed by atoms with van der Waals surface area (Å²) >= 11 is 1.57. The molecule has 5 amide bonds. The van der Waals surface area contributed by atoms with Crippen LogP contribution in [-0.2, 0) is 30.4 Å². The summed E-state index contributed by atoms with van der Waals surface area (Å²) < 4.78 is 0. The lowest BCUT2D eigenvalue weighted by molar-refractivity contribution is -0.144. The zero-order valence-corrected chi connectivity index (χ0v) is 33.2. The van der Waals surface area contributed by atoms with Crippen LogP contribution < -0.4 is 27.4 Å². The molecule has 0 unspecified atom stereocenters. The van der Waals surface area contributed by atoms with Crippen molar-refractivity contribution in [2.24, 2.45) is 16.9 Å². The van der Waals surface area contributed by atoms with Crippen molar-refractivity contribution >= 4 is 59.0 Å². The molecule has 1 saturated heterocycles. The van der Waals surface area contributed by atoms with E-state index in [9.17, 15) is 29.1 Å². The van der Waals surface area contributed by atoms with Gasteiger partial charge in [-0.25, -0.2) is 4.98 Å². The van der Waals surface area contributed by atoms with Crippen LogP contribution in [-0.4, -0.2) is 75.3 Å². The fourth-order valence-corrected chi connectivity index (χ4v) is 7.14. The monoisotopic (exact) mass is 783 g/mol. The number of β-amino-alcohol motifs (C(OH)–C–C–N with tert-alkyl or cyclic N) is 1. The zero-order chi connectivity index (χ0) is 38.9. The Bertz CT molecular complexity index is 1760. The normalized spacial score (nSPS) is 17.1. The van der Waals surface area contributed by atoms with Crippen molar-refractivity contribution in [2.75, 3.05) is 11.9 Å². The summed E-state index contributed by atoms with van der Waals surface area (Å²) in [6.45, 7) is 9.40. The molecular formula is C39H54ClN7O6S. The topological polar surface area (TPSA) is 210 Å². The number of thiazole rings is 1. The third kappa shape index (κ3) is 12.3. The van der Waals surface area contributed by atoms with Crippen LogP contribution in [0.3, 0.4) is 0 Å². The molecule has 5 atom stereocenters. The predicted molar refractivity (Wildman–Crippen MR) is 213 cm³/mol. The number of benzene rings is 2. The molecule has 8 N–H and O–H groups in total. The number of carbonyl (C=O) groups excluding carboxylic acids is 5. The number of amides is 5. The van der Waals surface area contributed by atoms with Gasteiger partial charge in [0.1, 0.15) is 12.1 Å². The molecule has 0 aliphatic carbocycles.